The second-order valence-electron chi connectivity index (χ2n) is 7.83. The number of esters is 1. The maximum absolute atomic E-state index is 13.6. The van der Waals surface area contributed by atoms with Crippen molar-refractivity contribution in [3.8, 4) is 0 Å². The van der Waals surface area contributed by atoms with E-state index in [1.165, 1.54) is 18.9 Å². The van der Waals surface area contributed by atoms with Gasteiger partial charge in [0, 0.05) is 6.92 Å². The molecular weight excluding hydrogens is 456 g/mol. The van der Waals surface area contributed by atoms with Crippen LogP contribution in [0.2, 0.25) is 0 Å². The van der Waals surface area contributed by atoms with Gasteiger partial charge in [-0.15, -0.1) is 0 Å². The molecule has 1 unspecified atom stereocenters. The fourth-order valence-corrected chi connectivity index (χ4v) is 5.15. The molecule has 8 nitrogen and oxygen atoms in total. The Hall–Kier alpha value is -4.11. The average molecular weight is 474 g/mol. The Morgan fingerprint density at radius 3 is 2.44 bits per heavy atom. The Labute approximate surface area is 197 Å². The first-order chi connectivity index (χ1) is 16.3. The molecule has 1 atom stereocenters. The Morgan fingerprint density at radius 1 is 1.09 bits per heavy atom. The van der Waals surface area contributed by atoms with Gasteiger partial charge >= 0.3 is 5.97 Å². The predicted octanol–water partition coefficient (Wildman–Crippen LogP) is 4.30. The second kappa shape index (κ2) is 8.03. The van der Waals surface area contributed by atoms with Crippen molar-refractivity contribution in [2.75, 3.05) is 12.0 Å². The summed E-state index contributed by atoms with van der Waals surface area (Å²) in [7, 11) is 1.29. The van der Waals surface area contributed by atoms with E-state index in [1.54, 1.807) is 55.5 Å². The van der Waals surface area contributed by atoms with Crippen LogP contribution in [-0.4, -0.2) is 29.8 Å². The molecule has 5 rings (SSSR count). The minimum Gasteiger partial charge on any atom is -0.465 e. The quantitative estimate of drug-likeness (QED) is 0.321. The third kappa shape index (κ3) is 3.24. The normalized spacial score (nSPS) is 15.0. The molecule has 0 radical (unpaired) electrons. The van der Waals surface area contributed by atoms with Gasteiger partial charge in [0.15, 0.2) is 16.3 Å². The standard InChI is InChI=1S/C25H18N2O6S/c1-12-22(13(2)28)34-25(26-12)27-19(14-8-10-15(11-9-14)24(31)32-3)18-20(29)16-6-4-5-7-17(16)33-21(18)23(27)30/h4-11,19H,1-3H3. The van der Waals surface area contributed by atoms with Gasteiger partial charge in [0.25, 0.3) is 5.91 Å². The van der Waals surface area contributed by atoms with E-state index in [1.807, 2.05) is 0 Å². The van der Waals surface area contributed by atoms with Crippen molar-refractivity contribution in [2.24, 2.45) is 0 Å². The van der Waals surface area contributed by atoms with Gasteiger partial charge in [0.05, 0.1) is 40.2 Å². The number of hydrogen-bond acceptors (Lipinski definition) is 8. The molecule has 1 aliphatic rings. The van der Waals surface area contributed by atoms with Crippen LogP contribution in [0.4, 0.5) is 5.13 Å². The first-order valence-corrected chi connectivity index (χ1v) is 11.2. The van der Waals surface area contributed by atoms with Crippen LogP contribution in [0.15, 0.2) is 57.7 Å². The van der Waals surface area contributed by atoms with E-state index < -0.39 is 17.9 Å². The molecule has 0 saturated heterocycles. The van der Waals surface area contributed by atoms with Crippen molar-refractivity contribution < 1.29 is 23.5 Å². The molecule has 2 aromatic carbocycles. The van der Waals surface area contributed by atoms with Gasteiger partial charge in [-0.1, -0.05) is 35.6 Å². The van der Waals surface area contributed by atoms with Crippen molar-refractivity contribution in [2.45, 2.75) is 19.9 Å². The fraction of sp³-hybridized carbons (Fsp3) is 0.160. The monoisotopic (exact) mass is 474 g/mol. The Morgan fingerprint density at radius 2 is 1.79 bits per heavy atom. The van der Waals surface area contributed by atoms with Gasteiger partial charge in [0.2, 0.25) is 5.76 Å². The number of aryl methyl sites for hydroxylation is 1. The van der Waals surface area contributed by atoms with E-state index in [9.17, 15) is 19.2 Å². The molecule has 1 aliphatic heterocycles. The number of hydrogen-bond donors (Lipinski definition) is 0. The summed E-state index contributed by atoms with van der Waals surface area (Å²) in [6.45, 7) is 3.13. The van der Waals surface area contributed by atoms with Crippen LogP contribution in [0.5, 0.6) is 0 Å². The summed E-state index contributed by atoms with van der Waals surface area (Å²) in [6, 6.07) is 12.3. The van der Waals surface area contributed by atoms with Gasteiger partial charge in [-0.2, -0.15) is 0 Å². The molecule has 2 aromatic heterocycles. The fourth-order valence-electron chi connectivity index (χ4n) is 4.16. The lowest BCUT2D eigenvalue weighted by molar-refractivity contribution is 0.0600. The predicted molar refractivity (Wildman–Crippen MR) is 126 cm³/mol. The molecule has 0 fully saturated rings. The molecule has 0 aliphatic carbocycles. The summed E-state index contributed by atoms with van der Waals surface area (Å²) in [5.74, 6) is -1.26. The van der Waals surface area contributed by atoms with E-state index in [-0.39, 0.29) is 27.7 Å². The lowest BCUT2D eigenvalue weighted by Gasteiger charge is -2.22. The zero-order valence-corrected chi connectivity index (χ0v) is 19.3. The molecule has 9 heteroatoms. The van der Waals surface area contributed by atoms with Crippen LogP contribution in [-0.2, 0) is 4.74 Å². The van der Waals surface area contributed by atoms with E-state index in [0.29, 0.717) is 32.7 Å². The minimum atomic E-state index is -0.847. The molecule has 0 spiro atoms. The van der Waals surface area contributed by atoms with Crippen molar-refractivity contribution >= 4 is 45.1 Å². The molecule has 3 heterocycles. The Balaban J connectivity index is 1.75. The zero-order valence-electron chi connectivity index (χ0n) is 18.4. The summed E-state index contributed by atoms with van der Waals surface area (Å²) < 4.78 is 10.7. The number of anilines is 1. The number of rotatable bonds is 4. The van der Waals surface area contributed by atoms with Crippen molar-refractivity contribution in [3.05, 3.63) is 91.8 Å². The number of carbonyl (C=O) groups excluding carboxylic acids is 3. The first kappa shape index (κ1) is 21.7. The molecule has 1 amide bonds. The van der Waals surface area contributed by atoms with Crippen molar-refractivity contribution in [1.82, 2.24) is 4.98 Å². The molecule has 170 valence electrons. The van der Waals surface area contributed by atoms with Gasteiger partial charge in [-0.05, 0) is 36.8 Å². The van der Waals surface area contributed by atoms with E-state index in [0.717, 1.165) is 11.3 Å². The molecular formula is C25H18N2O6S. The number of nitrogens with zero attached hydrogens (tertiary/aromatic N) is 2. The number of Topliss-reactive ketones (excluding diaryl/α,β-unsaturated/α-hetero) is 1. The Bertz CT molecular complexity index is 1550. The Kier molecular flexibility index (Phi) is 5.13. The summed E-state index contributed by atoms with van der Waals surface area (Å²) in [4.78, 5) is 57.4. The van der Waals surface area contributed by atoms with Gasteiger partial charge in [-0.25, -0.2) is 9.78 Å². The number of fused-ring (bicyclic) bond motifs is 2. The smallest absolute Gasteiger partial charge is 0.337 e. The number of aromatic nitrogens is 1. The SMILES string of the molecule is COC(=O)c1ccc(C2c3c(oc4ccccc4c3=O)C(=O)N2c2nc(C)c(C(C)=O)s2)cc1. The third-order valence-corrected chi connectivity index (χ3v) is 6.99. The van der Waals surface area contributed by atoms with E-state index in [2.05, 4.69) is 4.98 Å². The van der Waals surface area contributed by atoms with Crippen LogP contribution >= 0.6 is 11.3 Å². The second-order valence-corrected chi connectivity index (χ2v) is 8.81. The number of ether oxygens (including phenoxy) is 1. The highest BCUT2D eigenvalue weighted by Gasteiger charge is 2.45. The molecule has 0 N–H and O–H groups in total. The highest BCUT2D eigenvalue weighted by molar-refractivity contribution is 7.17. The number of thiazole rings is 1. The van der Waals surface area contributed by atoms with Crippen molar-refractivity contribution in [3.63, 3.8) is 0 Å². The molecule has 4 aromatic rings. The lowest BCUT2D eigenvalue weighted by Crippen LogP contribution is -2.29. The third-order valence-electron chi connectivity index (χ3n) is 5.74. The molecule has 0 bridgehead atoms. The molecule has 0 saturated carbocycles. The zero-order chi connectivity index (χ0) is 24.1. The maximum Gasteiger partial charge on any atom is 0.337 e. The summed E-state index contributed by atoms with van der Waals surface area (Å²) in [6.07, 6.45) is 0. The number of ketones is 1. The number of para-hydroxylation sites is 1. The van der Waals surface area contributed by atoms with Crippen LogP contribution in [0.3, 0.4) is 0 Å². The largest absolute Gasteiger partial charge is 0.465 e. The summed E-state index contributed by atoms with van der Waals surface area (Å²) >= 11 is 1.09. The van der Waals surface area contributed by atoms with Crippen LogP contribution in [0.1, 0.15) is 60.4 Å². The van der Waals surface area contributed by atoms with Crippen molar-refractivity contribution in [1.29, 1.82) is 0 Å². The van der Waals surface area contributed by atoms with Gasteiger partial charge in [0.1, 0.15) is 5.58 Å². The average Bonchev–Trinajstić information content (AvgIpc) is 3.36. The lowest BCUT2D eigenvalue weighted by atomic mass is 9.98. The number of methoxy groups -OCH3 is 1. The van der Waals surface area contributed by atoms with Crippen LogP contribution in [0.25, 0.3) is 11.0 Å². The van der Waals surface area contributed by atoms with Gasteiger partial charge in [-0.3, -0.25) is 19.3 Å². The number of benzene rings is 2. The van der Waals surface area contributed by atoms with Gasteiger partial charge < -0.3 is 9.15 Å². The van der Waals surface area contributed by atoms with Crippen LogP contribution in [0, 0.1) is 6.92 Å². The topological polar surface area (TPSA) is 107 Å². The highest BCUT2D eigenvalue weighted by Crippen LogP contribution is 2.43. The van der Waals surface area contributed by atoms with Crippen LogP contribution < -0.4 is 10.3 Å². The maximum atomic E-state index is 13.6. The number of carbonyl (C=O) groups is 3. The number of amides is 1. The summed E-state index contributed by atoms with van der Waals surface area (Å²) in [5, 5.41) is 0.636. The minimum absolute atomic E-state index is 0.0667. The first-order valence-electron chi connectivity index (χ1n) is 10.4. The van der Waals surface area contributed by atoms with E-state index >= 15 is 0 Å². The molecule has 34 heavy (non-hydrogen) atoms. The van der Waals surface area contributed by atoms with E-state index in [4.69, 9.17) is 9.15 Å². The summed E-state index contributed by atoms with van der Waals surface area (Å²) in [5.41, 5.74) is 1.58. The highest BCUT2D eigenvalue weighted by atomic mass is 32.1.